The van der Waals surface area contributed by atoms with E-state index in [1.807, 2.05) is 20.8 Å². The largest absolute Gasteiger partial charge is 0.365 e. The molecule has 0 saturated heterocycles. The molecular formula is C21H25N7O3. The number of primary amides is 1. The van der Waals surface area contributed by atoms with E-state index in [2.05, 4.69) is 20.3 Å². The van der Waals surface area contributed by atoms with Crippen LogP contribution in [0, 0.1) is 6.92 Å². The molecule has 0 aliphatic heterocycles. The lowest BCUT2D eigenvalue weighted by atomic mass is 10.1. The molecule has 0 spiro atoms. The molecule has 0 unspecified atom stereocenters. The van der Waals surface area contributed by atoms with Crippen LogP contribution in [-0.4, -0.2) is 49.3 Å². The van der Waals surface area contributed by atoms with E-state index >= 15 is 0 Å². The van der Waals surface area contributed by atoms with Crippen molar-refractivity contribution in [1.29, 1.82) is 0 Å². The van der Waals surface area contributed by atoms with Crippen molar-refractivity contribution >= 4 is 28.7 Å². The number of nitrogens with zero attached hydrogens (tertiary/aromatic N) is 5. The van der Waals surface area contributed by atoms with Crippen LogP contribution >= 0.6 is 0 Å². The third-order valence-electron chi connectivity index (χ3n) is 4.91. The number of aromatic nitrogens is 4. The van der Waals surface area contributed by atoms with Crippen molar-refractivity contribution in [3.8, 4) is 0 Å². The van der Waals surface area contributed by atoms with E-state index in [1.165, 1.54) is 10.6 Å². The first kappa shape index (κ1) is 21.9. The molecule has 0 aliphatic rings. The van der Waals surface area contributed by atoms with Crippen LogP contribution in [0.25, 0.3) is 11.0 Å². The summed E-state index contributed by atoms with van der Waals surface area (Å²) in [4.78, 5) is 51.7. The Morgan fingerprint density at radius 3 is 2.45 bits per heavy atom. The zero-order chi connectivity index (χ0) is 22.5. The third kappa shape index (κ3) is 4.85. The van der Waals surface area contributed by atoms with Crippen molar-refractivity contribution < 1.29 is 9.59 Å². The summed E-state index contributed by atoms with van der Waals surface area (Å²) < 4.78 is 1.21. The third-order valence-corrected chi connectivity index (χ3v) is 4.91. The van der Waals surface area contributed by atoms with E-state index in [9.17, 15) is 14.4 Å². The van der Waals surface area contributed by atoms with Gasteiger partial charge in [-0.25, -0.2) is 9.97 Å². The highest BCUT2D eigenvalue weighted by atomic mass is 16.2. The van der Waals surface area contributed by atoms with Crippen molar-refractivity contribution in [2.45, 2.75) is 33.9 Å². The van der Waals surface area contributed by atoms with E-state index in [-0.39, 0.29) is 18.0 Å². The summed E-state index contributed by atoms with van der Waals surface area (Å²) in [5.41, 5.74) is 6.52. The summed E-state index contributed by atoms with van der Waals surface area (Å²) in [6.07, 6.45) is 4.90. The van der Waals surface area contributed by atoms with Crippen LogP contribution in [0.1, 0.15) is 35.5 Å². The van der Waals surface area contributed by atoms with Crippen molar-refractivity contribution in [3.63, 3.8) is 0 Å². The van der Waals surface area contributed by atoms with Gasteiger partial charge in [-0.3, -0.25) is 23.9 Å². The molecule has 3 rings (SSSR count). The highest BCUT2D eigenvalue weighted by Crippen LogP contribution is 2.15. The van der Waals surface area contributed by atoms with Crippen molar-refractivity contribution in [2.24, 2.45) is 5.73 Å². The number of fused-ring (bicyclic) bond motifs is 1. The SMILES string of the molecule is CCN(CC)C(=O)Cn1c(=O)c(C(N)=O)cc2cc(CNc3cnc(C)cn3)cnc21. The average Bonchev–Trinajstić information content (AvgIpc) is 2.75. The number of hydrogen-bond acceptors (Lipinski definition) is 7. The number of carbonyl (C=O) groups is 2. The van der Waals surface area contributed by atoms with Gasteiger partial charge < -0.3 is 16.0 Å². The number of aryl methyl sites for hydroxylation is 1. The smallest absolute Gasteiger partial charge is 0.265 e. The van der Waals surface area contributed by atoms with Gasteiger partial charge in [0.15, 0.2) is 0 Å². The highest BCUT2D eigenvalue weighted by molar-refractivity contribution is 5.96. The number of hydrogen-bond donors (Lipinski definition) is 2. The fraction of sp³-hybridized carbons (Fsp3) is 0.333. The number of pyridine rings is 2. The predicted molar refractivity (Wildman–Crippen MR) is 117 cm³/mol. The van der Waals surface area contributed by atoms with Gasteiger partial charge in [-0.15, -0.1) is 0 Å². The van der Waals surface area contributed by atoms with Crippen LogP contribution < -0.4 is 16.6 Å². The molecular weight excluding hydrogens is 398 g/mol. The second-order valence-electron chi connectivity index (χ2n) is 7.03. The molecule has 3 aromatic rings. The minimum Gasteiger partial charge on any atom is -0.365 e. The Labute approximate surface area is 179 Å². The Balaban J connectivity index is 1.98. The van der Waals surface area contributed by atoms with Gasteiger partial charge in [0.2, 0.25) is 5.91 Å². The fourth-order valence-corrected chi connectivity index (χ4v) is 3.22. The van der Waals surface area contributed by atoms with Crippen LogP contribution in [0.2, 0.25) is 0 Å². The zero-order valence-corrected chi connectivity index (χ0v) is 17.8. The lowest BCUT2D eigenvalue weighted by molar-refractivity contribution is -0.131. The summed E-state index contributed by atoms with van der Waals surface area (Å²) >= 11 is 0. The van der Waals surface area contributed by atoms with Gasteiger partial charge in [0.05, 0.1) is 18.1 Å². The molecule has 3 heterocycles. The minimum absolute atomic E-state index is 0.184. The van der Waals surface area contributed by atoms with Crippen molar-refractivity contribution in [1.82, 2.24) is 24.4 Å². The first-order valence-electron chi connectivity index (χ1n) is 9.96. The van der Waals surface area contributed by atoms with Crippen LogP contribution in [-0.2, 0) is 17.9 Å². The normalized spacial score (nSPS) is 10.8. The Morgan fingerprint density at radius 1 is 1.10 bits per heavy atom. The van der Waals surface area contributed by atoms with Crippen molar-refractivity contribution in [3.05, 3.63) is 57.9 Å². The van der Waals surface area contributed by atoms with Crippen LogP contribution in [0.15, 0.2) is 35.5 Å². The van der Waals surface area contributed by atoms with Gasteiger partial charge in [-0.05, 0) is 38.5 Å². The number of nitrogens with one attached hydrogen (secondary N) is 1. The molecule has 0 bridgehead atoms. The Bertz CT molecular complexity index is 1170. The molecule has 3 N–H and O–H groups in total. The molecule has 31 heavy (non-hydrogen) atoms. The maximum Gasteiger partial charge on any atom is 0.265 e. The number of carbonyl (C=O) groups excluding carboxylic acids is 2. The molecule has 10 heteroatoms. The zero-order valence-electron chi connectivity index (χ0n) is 17.8. The molecule has 0 atom stereocenters. The summed E-state index contributed by atoms with van der Waals surface area (Å²) in [5.74, 6) is -0.479. The van der Waals surface area contributed by atoms with Crippen LogP contribution in [0.3, 0.4) is 0 Å². The van der Waals surface area contributed by atoms with Gasteiger partial charge in [0.1, 0.15) is 23.6 Å². The Kier molecular flexibility index (Phi) is 6.58. The van der Waals surface area contributed by atoms with Gasteiger partial charge in [0, 0.05) is 31.2 Å². The van der Waals surface area contributed by atoms with Crippen LogP contribution in [0.5, 0.6) is 0 Å². The molecule has 162 valence electrons. The summed E-state index contributed by atoms with van der Waals surface area (Å²) in [6.45, 7) is 6.79. The number of anilines is 1. The topological polar surface area (TPSA) is 136 Å². The molecule has 3 aromatic heterocycles. The molecule has 10 nitrogen and oxygen atoms in total. The highest BCUT2D eigenvalue weighted by Gasteiger charge is 2.18. The number of amides is 2. The molecule has 0 saturated carbocycles. The predicted octanol–water partition coefficient (Wildman–Crippen LogP) is 1.07. The average molecular weight is 423 g/mol. The summed E-state index contributed by atoms with van der Waals surface area (Å²) in [7, 11) is 0. The number of rotatable bonds is 8. The maximum absolute atomic E-state index is 12.8. The molecule has 2 amide bonds. The summed E-state index contributed by atoms with van der Waals surface area (Å²) in [6, 6.07) is 3.21. The van der Waals surface area contributed by atoms with Gasteiger partial charge >= 0.3 is 0 Å². The Hall–Kier alpha value is -3.82. The molecule has 0 aromatic carbocycles. The van der Waals surface area contributed by atoms with Crippen LogP contribution in [0.4, 0.5) is 5.82 Å². The second kappa shape index (κ2) is 9.33. The second-order valence-corrected chi connectivity index (χ2v) is 7.03. The number of nitrogens with two attached hydrogens (primary N) is 1. The van der Waals surface area contributed by atoms with Crippen molar-refractivity contribution in [2.75, 3.05) is 18.4 Å². The van der Waals surface area contributed by atoms with Gasteiger partial charge in [-0.1, -0.05) is 0 Å². The van der Waals surface area contributed by atoms with Gasteiger partial charge in [0.25, 0.3) is 11.5 Å². The first-order chi connectivity index (χ1) is 14.8. The number of likely N-dealkylation sites (N-methyl/N-ethyl adjacent to an activating group) is 1. The fourth-order valence-electron chi connectivity index (χ4n) is 3.22. The molecule has 0 fully saturated rings. The summed E-state index contributed by atoms with van der Waals surface area (Å²) in [5, 5.41) is 3.68. The van der Waals surface area contributed by atoms with E-state index in [1.54, 1.807) is 29.6 Å². The maximum atomic E-state index is 12.8. The van der Waals surface area contributed by atoms with E-state index in [4.69, 9.17) is 5.73 Å². The monoisotopic (exact) mass is 423 g/mol. The minimum atomic E-state index is -0.852. The quantitative estimate of drug-likeness (QED) is 0.553. The van der Waals surface area contributed by atoms with E-state index in [0.717, 1.165) is 11.3 Å². The first-order valence-corrected chi connectivity index (χ1v) is 9.96. The lowest BCUT2D eigenvalue weighted by Crippen LogP contribution is -2.38. The van der Waals surface area contributed by atoms with Gasteiger partial charge in [-0.2, -0.15) is 0 Å². The standard InChI is InChI=1S/C21H25N7O3/c1-4-27(5-2)18(29)12-28-20-15(7-16(19(22)30)21(28)31)6-14(10-26-20)9-25-17-11-23-13(3)8-24-17/h6-8,10-11H,4-5,9,12H2,1-3H3,(H2,22,30)(H,24,25). The Morgan fingerprint density at radius 2 is 1.84 bits per heavy atom. The van der Waals surface area contributed by atoms with E-state index in [0.29, 0.717) is 36.5 Å². The lowest BCUT2D eigenvalue weighted by Gasteiger charge is -2.20. The molecule has 0 aliphatic carbocycles. The van der Waals surface area contributed by atoms with E-state index < -0.39 is 11.5 Å². The molecule has 0 radical (unpaired) electrons.